The summed E-state index contributed by atoms with van der Waals surface area (Å²) >= 11 is -5.29. The average molecular weight is 759 g/mol. The molecule has 0 bridgehead atoms. The summed E-state index contributed by atoms with van der Waals surface area (Å²) in [5, 5.41) is 0. The van der Waals surface area contributed by atoms with E-state index in [1.165, 1.54) is 68.8 Å². The number of allylic oxidation sites excluding steroid dienone is 6. The zero-order valence-electron chi connectivity index (χ0n) is 28.4. The van der Waals surface area contributed by atoms with Crippen molar-refractivity contribution in [1.29, 1.82) is 0 Å². The van der Waals surface area contributed by atoms with Crippen molar-refractivity contribution in [2.45, 2.75) is 58.8 Å². The Kier molecular flexibility index (Phi) is 8.19. The molecule has 0 fully saturated rings. The second-order valence-corrected chi connectivity index (χ2v) is 28.1. The molecule has 1 atom stereocenters. The van der Waals surface area contributed by atoms with Gasteiger partial charge in [0.05, 0.1) is 0 Å². The molecular formula is C43H42Cl2F2Zr. The van der Waals surface area contributed by atoms with E-state index in [-0.39, 0.29) is 47.8 Å². The Morgan fingerprint density at radius 2 is 1.31 bits per heavy atom. The van der Waals surface area contributed by atoms with Gasteiger partial charge in [0.1, 0.15) is 0 Å². The first-order chi connectivity index (χ1) is 21.7. The van der Waals surface area contributed by atoms with Crippen LogP contribution in [-0.4, -0.2) is 4.21 Å². The maximum absolute atomic E-state index is 15.4. The molecule has 0 amide bonds. The van der Waals surface area contributed by atoms with Gasteiger partial charge in [-0.2, -0.15) is 0 Å². The molecule has 0 spiro atoms. The summed E-state index contributed by atoms with van der Waals surface area (Å²) < 4.78 is 40.4. The fourth-order valence-corrected chi connectivity index (χ4v) is 27.8. The van der Waals surface area contributed by atoms with Crippen molar-refractivity contribution < 1.29 is 27.1 Å². The third-order valence-electron chi connectivity index (χ3n) is 11.8. The van der Waals surface area contributed by atoms with Gasteiger partial charge in [0, 0.05) is 0 Å². The van der Waals surface area contributed by atoms with Crippen molar-refractivity contribution in [1.82, 2.24) is 0 Å². The predicted octanol–water partition coefficient (Wildman–Crippen LogP) is 10.6. The molecule has 246 valence electrons. The quantitative estimate of drug-likeness (QED) is 0.171. The van der Waals surface area contributed by atoms with Crippen LogP contribution in [0.1, 0.15) is 74.9 Å². The molecule has 0 nitrogen and oxygen atoms in total. The van der Waals surface area contributed by atoms with E-state index >= 15 is 8.78 Å². The van der Waals surface area contributed by atoms with Crippen molar-refractivity contribution in [3.8, 4) is 11.1 Å². The van der Waals surface area contributed by atoms with E-state index in [4.69, 9.17) is 4.21 Å². The van der Waals surface area contributed by atoms with Crippen LogP contribution < -0.4 is 6.54 Å². The van der Waals surface area contributed by atoms with Gasteiger partial charge in [0.15, 0.2) is 0 Å². The zero-order valence-corrected chi connectivity index (χ0v) is 32.5. The number of hydrogen-bond acceptors (Lipinski definition) is 0. The summed E-state index contributed by atoms with van der Waals surface area (Å²) in [4.78, 5) is 0. The molecule has 0 saturated carbocycles. The van der Waals surface area contributed by atoms with Crippen LogP contribution in [0.3, 0.4) is 0 Å². The SMILES string of the molecule is Cl.Cl.[CH2]=[Zr]([C]1=CC(C)=CC1C)([C]1=Cc2cc3c(cc2C1(C)C)Cc1cc2c(cc1-3)C=CC2(C)C)([c]1cccc(F)c1)[c]1cccc(F)c1. The van der Waals surface area contributed by atoms with E-state index in [2.05, 4.69) is 108 Å². The Morgan fingerprint density at radius 3 is 1.85 bits per heavy atom. The second-order valence-electron chi connectivity index (χ2n) is 15.4. The molecule has 0 radical (unpaired) electrons. The van der Waals surface area contributed by atoms with Gasteiger partial charge in [-0.05, 0) is 0 Å². The normalized spacial score (nSPS) is 19.3. The summed E-state index contributed by atoms with van der Waals surface area (Å²) in [5.41, 5.74) is 11.3. The topological polar surface area (TPSA) is 0 Å². The van der Waals surface area contributed by atoms with Crippen molar-refractivity contribution in [2.24, 2.45) is 5.92 Å². The molecule has 8 rings (SSSR count). The molecular weight excluding hydrogens is 717 g/mol. The summed E-state index contributed by atoms with van der Waals surface area (Å²) in [6.45, 7) is 13.5. The zero-order chi connectivity index (χ0) is 32.4. The Morgan fingerprint density at radius 1 is 0.750 bits per heavy atom. The Hall–Kier alpha value is -2.97. The Labute approximate surface area is 296 Å². The molecule has 0 aromatic heterocycles. The summed E-state index contributed by atoms with van der Waals surface area (Å²) in [6.07, 6.45) is 12.4. The first kappa shape index (κ1) is 34.9. The van der Waals surface area contributed by atoms with Crippen LogP contribution in [0.25, 0.3) is 23.3 Å². The number of rotatable bonds is 4. The van der Waals surface area contributed by atoms with Crippen LogP contribution in [0.2, 0.25) is 0 Å². The third-order valence-corrected chi connectivity index (χ3v) is 29.0. The van der Waals surface area contributed by atoms with Crippen molar-refractivity contribution in [3.63, 3.8) is 0 Å². The van der Waals surface area contributed by atoms with E-state index in [1.807, 2.05) is 0 Å². The van der Waals surface area contributed by atoms with Crippen LogP contribution in [0.5, 0.6) is 0 Å². The Balaban J connectivity index is 0.00000201. The third kappa shape index (κ3) is 4.57. The van der Waals surface area contributed by atoms with Gasteiger partial charge in [-0.15, -0.1) is 24.8 Å². The van der Waals surface area contributed by atoms with E-state index in [0.29, 0.717) is 0 Å². The van der Waals surface area contributed by atoms with E-state index in [9.17, 15) is 0 Å². The second kappa shape index (κ2) is 11.3. The van der Waals surface area contributed by atoms with Gasteiger partial charge in [-0.3, -0.25) is 0 Å². The molecule has 48 heavy (non-hydrogen) atoms. The molecule has 4 aliphatic carbocycles. The fourth-order valence-electron chi connectivity index (χ4n) is 9.60. The first-order valence-electron chi connectivity index (χ1n) is 16.4. The number of hydrogen-bond donors (Lipinski definition) is 0. The van der Waals surface area contributed by atoms with Crippen LogP contribution in [0.4, 0.5) is 8.78 Å². The van der Waals surface area contributed by atoms with Crippen molar-refractivity contribution in [2.75, 3.05) is 0 Å². The first-order valence-corrected chi connectivity index (χ1v) is 23.1. The Bertz CT molecular complexity index is 2200. The standard InChI is InChI=1S/C23H21.C7H9.2C6H4F.CH2.2ClH.Zr/c1-22(2)7-5-14-10-18-16(12-20(14)22)9-17-13-21-15(11-19(17)18)6-8-23(21,3)4;1-6-3-4-7(2)5-6;2*7-6-4-2-1-3-5-6;;;;/h5-7,10-13H,9H2,1-4H3;3,5,7H,1-2H3;2*1-2,4-5H;1H2;2*1H;. The minimum atomic E-state index is -5.29. The van der Waals surface area contributed by atoms with E-state index < -0.39 is 23.7 Å². The van der Waals surface area contributed by atoms with E-state index in [0.717, 1.165) is 13.0 Å². The number of halogens is 4. The van der Waals surface area contributed by atoms with Gasteiger partial charge < -0.3 is 0 Å². The summed E-state index contributed by atoms with van der Waals surface area (Å²) in [7, 11) is 0. The average Bonchev–Trinajstić information content (AvgIpc) is 3.71. The molecule has 0 N–H and O–H groups in total. The molecule has 4 aliphatic rings. The molecule has 4 aromatic carbocycles. The summed E-state index contributed by atoms with van der Waals surface area (Å²) in [6, 6.07) is 23.7. The van der Waals surface area contributed by atoms with E-state index in [1.54, 1.807) is 24.3 Å². The number of benzene rings is 4. The number of fused-ring (bicyclic) bond motifs is 5. The van der Waals surface area contributed by atoms with Gasteiger partial charge >= 0.3 is 274 Å². The monoisotopic (exact) mass is 756 g/mol. The molecule has 1 unspecified atom stereocenters. The predicted molar refractivity (Wildman–Crippen MR) is 202 cm³/mol. The molecule has 5 heteroatoms. The van der Waals surface area contributed by atoms with Gasteiger partial charge in [-0.25, -0.2) is 0 Å². The minimum absolute atomic E-state index is 0. The van der Waals surface area contributed by atoms with Crippen LogP contribution >= 0.6 is 24.8 Å². The fraction of sp³-hybridized carbons (Fsp3) is 0.233. The maximum atomic E-state index is 15.4. The van der Waals surface area contributed by atoms with Gasteiger partial charge in [0.2, 0.25) is 0 Å². The van der Waals surface area contributed by atoms with Crippen molar-refractivity contribution in [3.05, 3.63) is 148 Å². The van der Waals surface area contributed by atoms with Crippen LogP contribution in [0.15, 0.2) is 103 Å². The van der Waals surface area contributed by atoms with Gasteiger partial charge in [-0.1, -0.05) is 0 Å². The molecule has 4 aromatic rings. The molecule has 0 heterocycles. The molecule has 0 aliphatic heterocycles. The van der Waals surface area contributed by atoms with Crippen molar-refractivity contribution >= 4 is 47.7 Å². The molecule has 0 saturated heterocycles. The van der Waals surface area contributed by atoms with Crippen LogP contribution in [0, 0.1) is 17.6 Å². The summed E-state index contributed by atoms with van der Waals surface area (Å²) in [5.74, 6) is -0.488. The van der Waals surface area contributed by atoms with Crippen LogP contribution in [-0.2, 0) is 35.5 Å². The van der Waals surface area contributed by atoms with Gasteiger partial charge in [0.25, 0.3) is 0 Å².